The first-order chi connectivity index (χ1) is 19.6. The van der Waals surface area contributed by atoms with Crippen molar-refractivity contribution in [1.82, 2.24) is 14.8 Å². The lowest BCUT2D eigenvalue weighted by molar-refractivity contribution is 0.0257. The Kier molecular flexibility index (Phi) is 8.25. The van der Waals surface area contributed by atoms with Crippen molar-refractivity contribution < 1.29 is 32.8 Å². The number of aromatic nitrogens is 3. The van der Waals surface area contributed by atoms with Crippen molar-refractivity contribution >= 4 is 34.0 Å². The number of hydrogen-bond acceptors (Lipinski definition) is 7. The minimum Gasteiger partial charge on any atom is -0.870 e. The number of carboxylic acids is 1. The van der Waals surface area contributed by atoms with E-state index in [1.807, 2.05) is 12.1 Å². The average molecular weight is 620 g/mol. The van der Waals surface area contributed by atoms with Gasteiger partial charge in [0.25, 0.3) is 5.92 Å². The molecule has 1 unspecified atom stereocenters. The molecule has 1 saturated carbocycles. The van der Waals surface area contributed by atoms with Gasteiger partial charge in [-0.15, -0.1) is 16.5 Å². The molecule has 6 rings (SSSR count). The predicted octanol–water partition coefficient (Wildman–Crippen LogP) is 4.97. The van der Waals surface area contributed by atoms with Crippen LogP contribution in [0.2, 0.25) is 0 Å². The summed E-state index contributed by atoms with van der Waals surface area (Å²) in [5.41, 5.74) is 4.08. The van der Waals surface area contributed by atoms with Crippen molar-refractivity contribution in [3.8, 4) is 16.4 Å². The van der Waals surface area contributed by atoms with Gasteiger partial charge >= 0.3 is 5.97 Å². The summed E-state index contributed by atoms with van der Waals surface area (Å²) in [6.07, 6.45) is 2.82. The van der Waals surface area contributed by atoms with E-state index >= 15 is 0 Å². The first-order valence-electron chi connectivity index (χ1n) is 13.1. The summed E-state index contributed by atoms with van der Waals surface area (Å²) in [5.74, 6) is -4.13. The second-order valence-corrected chi connectivity index (χ2v) is 12.5. The van der Waals surface area contributed by atoms with Gasteiger partial charge in [-0.1, -0.05) is 22.4 Å². The number of carboxylic acid groups (broad SMARTS) is 1. The number of carbonyl (C=O) groups is 1. The van der Waals surface area contributed by atoms with Crippen LogP contribution in [-0.2, 0) is 28.0 Å². The molecule has 42 heavy (non-hydrogen) atoms. The van der Waals surface area contributed by atoms with E-state index in [-0.39, 0.29) is 42.0 Å². The zero-order valence-electron chi connectivity index (χ0n) is 22.2. The Morgan fingerprint density at radius 2 is 2.00 bits per heavy atom. The van der Waals surface area contributed by atoms with Crippen LogP contribution in [0, 0.1) is 11.7 Å². The Morgan fingerprint density at radius 3 is 2.62 bits per heavy atom. The van der Waals surface area contributed by atoms with E-state index in [2.05, 4.69) is 4.98 Å². The zero-order valence-corrected chi connectivity index (χ0v) is 23.9. The quantitative estimate of drug-likeness (QED) is 0.199. The standard InChI is InChI=1S/C28H26F3N5O3S2.H2O/c29-21-11-17(6-7-24(21)41(32)39)10-20-23(12-16-4-5-16)36(27-33-22(14-40-27)26(37)38)34-25(20)18-2-1-3-19(13-18)35-9-8-28(30,31)15-35;/h1-3,6-7,11,13-14,16H,4-5,8-10,12,15H2,(H2,32,39)(H,37,38);1H2. The summed E-state index contributed by atoms with van der Waals surface area (Å²) >= 11 is 1.16. The van der Waals surface area contributed by atoms with Gasteiger partial charge in [-0.3, -0.25) is 0 Å². The van der Waals surface area contributed by atoms with Crippen molar-refractivity contribution in [3.05, 3.63) is 76.2 Å². The van der Waals surface area contributed by atoms with E-state index < -0.39 is 28.7 Å². The number of thiol groups is 1. The highest BCUT2D eigenvalue weighted by Gasteiger charge is 2.38. The summed E-state index contributed by atoms with van der Waals surface area (Å²) in [7, 11) is -2.34. The summed E-state index contributed by atoms with van der Waals surface area (Å²) in [4.78, 5) is 17.4. The number of hydrogen-bond donors (Lipinski definition) is 2. The molecule has 2 aromatic heterocycles. The van der Waals surface area contributed by atoms with E-state index in [9.17, 15) is 27.3 Å². The molecule has 4 N–H and O–H groups in total. The molecule has 0 radical (unpaired) electrons. The fourth-order valence-corrected chi connectivity index (χ4v) is 6.44. The molecule has 2 fully saturated rings. The first-order valence-corrected chi connectivity index (χ1v) is 15.3. The largest absolute Gasteiger partial charge is 0.870 e. The summed E-state index contributed by atoms with van der Waals surface area (Å²) < 4.78 is 56.1. The van der Waals surface area contributed by atoms with Crippen LogP contribution in [0.1, 0.15) is 46.6 Å². The molecule has 4 aromatic rings. The molecule has 1 aliphatic carbocycles. The summed E-state index contributed by atoms with van der Waals surface area (Å²) in [5, 5.41) is 21.6. The Morgan fingerprint density at radius 1 is 1.21 bits per heavy atom. The Hall–Kier alpha value is -3.59. The molecule has 222 valence electrons. The van der Waals surface area contributed by atoms with Crippen molar-refractivity contribution in [3.63, 3.8) is 0 Å². The lowest BCUT2D eigenvalue weighted by atomic mass is 9.96. The molecule has 2 aliphatic rings. The molecule has 9 nitrogen and oxygen atoms in total. The van der Waals surface area contributed by atoms with Gasteiger partial charge in [0.15, 0.2) is 22.5 Å². The highest BCUT2D eigenvalue weighted by molar-refractivity contribution is 7.82. The molecule has 14 heteroatoms. The Balaban J connectivity index is 0.00000353. The molecule has 1 atom stereocenters. The summed E-state index contributed by atoms with van der Waals surface area (Å²) in [6.45, 7) is -0.131. The fourth-order valence-electron chi connectivity index (χ4n) is 5.18. The van der Waals surface area contributed by atoms with Crippen LogP contribution in [-0.4, -0.2) is 50.3 Å². The van der Waals surface area contributed by atoms with Gasteiger partial charge in [-0.2, -0.15) is 5.10 Å². The smallest absolute Gasteiger partial charge is 0.355 e. The maximum Gasteiger partial charge on any atom is 0.355 e. The third kappa shape index (κ3) is 6.11. The number of nitrogens with zero attached hydrogens (tertiary/aromatic N) is 4. The van der Waals surface area contributed by atoms with Crippen LogP contribution in [0.5, 0.6) is 0 Å². The number of anilines is 1. The van der Waals surface area contributed by atoms with Gasteiger partial charge in [0, 0.05) is 41.6 Å². The topological polar surface area (TPSA) is 144 Å². The van der Waals surface area contributed by atoms with Crippen LogP contribution in [0.15, 0.2) is 52.7 Å². The van der Waals surface area contributed by atoms with Gasteiger partial charge in [0.1, 0.15) is 0 Å². The number of alkyl halides is 2. The lowest BCUT2D eigenvalue weighted by Crippen LogP contribution is -2.24. The number of aromatic carboxylic acids is 1. The molecular weight excluding hydrogens is 591 g/mol. The number of rotatable bonds is 9. The molecule has 0 bridgehead atoms. The monoisotopic (exact) mass is 619 g/mol. The van der Waals surface area contributed by atoms with E-state index in [0.717, 1.165) is 35.4 Å². The Labute approximate surface area is 245 Å². The molecule has 1 aliphatic heterocycles. The van der Waals surface area contributed by atoms with Crippen LogP contribution in [0.25, 0.3) is 16.4 Å². The molecule has 0 spiro atoms. The predicted molar refractivity (Wildman–Crippen MR) is 153 cm³/mol. The van der Waals surface area contributed by atoms with Crippen molar-refractivity contribution in [1.29, 1.82) is 0 Å². The minimum atomic E-state index is -2.75. The second kappa shape index (κ2) is 11.6. The maximum absolute atomic E-state index is 14.8. The normalized spacial score (nSPS) is 16.8. The number of nitrogens with two attached hydrogens (primary N) is 1. The third-order valence-corrected chi connectivity index (χ3v) is 9.10. The molecule has 3 heterocycles. The van der Waals surface area contributed by atoms with Crippen molar-refractivity contribution in [2.45, 2.75) is 42.9 Å². The molecule has 2 aromatic carbocycles. The van der Waals surface area contributed by atoms with Crippen molar-refractivity contribution in [2.24, 2.45) is 11.1 Å². The zero-order chi connectivity index (χ0) is 28.9. The lowest BCUT2D eigenvalue weighted by Gasteiger charge is -2.19. The van der Waals surface area contributed by atoms with Gasteiger partial charge in [0.05, 0.1) is 17.9 Å². The third-order valence-electron chi connectivity index (χ3n) is 7.45. The maximum atomic E-state index is 14.8. The van der Waals surface area contributed by atoms with Crippen molar-refractivity contribution in [2.75, 3.05) is 18.0 Å². The van der Waals surface area contributed by atoms with Crippen LogP contribution < -0.4 is 10.0 Å². The van der Waals surface area contributed by atoms with Crippen LogP contribution >= 0.6 is 11.3 Å². The highest BCUT2D eigenvalue weighted by Crippen LogP contribution is 2.39. The van der Waals surface area contributed by atoms with Gasteiger partial charge in [0.2, 0.25) is 10.0 Å². The van der Waals surface area contributed by atoms with E-state index in [4.69, 9.17) is 10.2 Å². The fraction of sp³-hybridized carbons (Fsp3) is 0.321. The van der Waals surface area contributed by atoms with Crippen LogP contribution in [0.4, 0.5) is 18.9 Å². The first kappa shape index (κ1) is 29.9. The molecular formula is C28H28F3N5O4S2. The summed E-state index contributed by atoms with van der Waals surface area (Å²) in [6, 6.07) is 11.7. The van der Waals surface area contributed by atoms with Gasteiger partial charge < -0.3 is 15.5 Å². The minimum absolute atomic E-state index is 0. The van der Waals surface area contributed by atoms with E-state index in [0.29, 0.717) is 40.0 Å². The second-order valence-electron chi connectivity index (χ2n) is 10.5. The van der Waals surface area contributed by atoms with Crippen LogP contribution in [0.3, 0.4) is 0 Å². The SMILES string of the molecule is N[SH+](=O)c1ccc(Cc2c(-c3cccc(N4CCC(F)(F)C4)c3)nn(-c3nc(C(=O)O)cs3)c2CC2CC2)cc1F.[OH-]. The molecule has 0 amide bonds. The highest BCUT2D eigenvalue weighted by atomic mass is 32.2. The van der Waals surface area contributed by atoms with E-state index in [1.54, 1.807) is 27.8 Å². The number of halogens is 3. The number of thiazole rings is 1. The Bertz CT molecular complexity index is 1670. The average Bonchev–Trinajstić information content (AvgIpc) is 3.30. The number of benzene rings is 2. The van der Waals surface area contributed by atoms with Gasteiger partial charge in [-0.05, 0) is 55.0 Å². The van der Waals surface area contributed by atoms with E-state index in [1.165, 1.54) is 17.5 Å². The van der Waals surface area contributed by atoms with Gasteiger partial charge in [-0.25, -0.2) is 27.6 Å². The molecule has 1 saturated heterocycles.